The fourth-order valence-corrected chi connectivity index (χ4v) is 4.50. The van der Waals surface area contributed by atoms with E-state index in [2.05, 4.69) is 4.99 Å². The maximum Gasteiger partial charge on any atom is 0.271 e. The van der Waals surface area contributed by atoms with E-state index >= 15 is 0 Å². The number of ether oxygens (including phenoxy) is 3. The van der Waals surface area contributed by atoms with Gasteiger partial charge in [-0.15, -0.1) is 0 Å². The minimum atomic E-state index is -0.130. The number of thiazole rings is 1. The van der Waals surface area contributed by atoms with Crippen LogP contribution in [0.2, 0.25) is 0 Å². The molecule has 0 saturated carbocycles. The molecule has 1 aliphatic rings. The van der Waals surface area contributed by atoms with Gasteiger partial charge in [-0.2, -0.15) is 0 Å². The zero-order chi connectivity index (χ0) is 22.8. The standard InChI is InChI=1S/C23H23N3O5S/c1-14(27)16-6-5-7-17(11-16)25-12-24-23-26(13-25)22(28)20(32-23)10-15-8-18(29-2)21(31-4)19(9-15)30-3/h5-11H,12-13H2,1-4H3. The van der Waals surface area contributed by atoms with Crippen molar-refractivity contribution in [3.63, 3.8) is 0 Å². The molecule has 166 valence electrons. The Kier molecular flexibility index (Phi) is 6.00. The summed E-state index contributed by atoms with van der Waals surface area (Å²) in [5.41, 5.74) is 2.10. The van der Waals surface area contributed by atoms with Gasteiger partial charge in [-0.05, 0) is 42.8 Å². The zero-order valence-electron chi connectivity index (χ0n) is 18.2. The molecule has 4 rings (SSSR count). The second kappa shape index (κ2) is 8.88. The Bertz CT molecular complexity index is 1330. The molecule has 8 nitrogen and oxygen atoms in total. The fraction of sp³-hybridized carbons (Fsp3) is 0.261. The molecule has 0 radical (unpaired) electrons. The van der Waals surface area contributed by atoms with E-state index in [9.17, 15) is 9.59 Å². The lowest BCUT2D eigenvalue weighted by atomic mass is 10.1. The van der Waals surface area contributed by atoms with Gasteiger partial charge in [-0.1, -0.05) is 23.5 Å². The molecule has 1 aromatic heterocycles. The van der Waals surface area contributed by atoms with Gasteiger partial charge in [0.15, 0.2) is 22.1 Å². The molecule has 2 aromatic carbocycles. The molecule has 0 bridgehead atoms. The molecule has 1 aliphatic heterocycles. The average molecular weight is 454 g/mol. The van der Waals surface area contributed by atoms with Crippen molar-refractivity contribution in [2.24, 2.45) is 4.99 Å². The second-order valence-electron chi connectivity index (χ2n) is 7.17. The third-order valence-electron chi connectivity index (χ3n) is 5.18. The Labute approximate surface area is 188 Å². The number of hydrogen-bond donors (Lipinski definition) is 0. The maximum atomic E-state index is 13.1. The van der Waals surface area contributed by atoms with Crippen molar-refractivity contribution in [1.29, 1.82) is 0 Å². The largest absolute Gasteiger partial charge is 0.493 e. The highest BCUT2D eigenvalue weighted by molar-refractivity contribution is 7.07. The number of Topliss-reactive ketones (excluding diaryl/α,β-unsaturated/α-hetero) is 1. The van der Waals surface area contributed by atoms with Crippen molar-refractivity contribution in [1.82, 2.24) is 4.57 Å². The smallest absolute Gasteiger partial charge is 0.271 e. The van der Waals surface area contributed by atoms with E-state index in [-0.39, 0.29) is 11.3 Å². The summed E-state index contributed by atoms with van der Waals surface area (Å²) in [4.78, 5) is 32.0. The summed E-state index contributed by atoms with van der Waals surface area (Å²) in [5.74, 6) is 1.52. The highest BCUT2D eigenvalue weighted by Crippen LogP contribution is 2.38. The minimum absolute atomic E-state index is 0.00331. The molecule has 2 heterocycles. The molecule has 0 unspecified atom stereocenters. The summed E-state index contributed by atoms with van der Waals surface area (Å²) in [6.07, 6.45) is 1.79. The number of rotatable bonds is 6. The third kappa shape index (κ3) is 3.99. The number of ketones is 1. The Balaban J connectivity index is 1.72. The SMILES string of the molecule is COc1cc(C=c2sc3n(c2=O)CN(c2cccc(C(C)=O)c2)CN=3)cc(OC)c1OC. The van der Waals surface area contributed by atoms with Crippen LogP contribution in [0.3, 0.4) is 0 Å². The topological polar surface area (TPSA) is 82.4 Å². The molecule has 3 aromatic rings. The number of anilines is 1. The highest BCUT2D eigenvalue weighted by Gasteiger charge is 2.17. The van der Waals surface area contributed by atoms with Crippen molar-refractivity contribution in [3.05, 3.63) is 67.2 Å². The van der Waals surface area contributed by atoms with Gasteiger partial charge in [0.05, 0.1) is 25.9 Å². The first-order valence-electron chi connectivity index (χ1n) is 9.87. The van der Waals surface area contributed by atoms with Crippen LogP contribution in [0, 0.1) is 0 Å². The maximum absolute atomic E-state index is 13.1. The molecule has 0 spiro atoms. The van der Waals surface area contributed by atoms with Crippen LogP contribution in [0.1, 0.15) is 22.8 Å². The Hall–Kier alpha value is -3.59. The van der Waals surface area contributed by atoms with E-state index in [0.717, 1.165) is 11.3 Å². The molecule has 0 amide bonds. The molecule has 0 saturated heterocycles. The highest BCUT2D eigenvalue weighted by atomic mass is 32.1. The van der Waals surface area contributed by atoms with Crippen LogP contribution < -0.4 is 34.0 Å². The van der Waals surface area contributed by atoms with Crippen LogP contribution in [-0.4, -0.2) is 38.3 Å². The summed E-state index contributed by atoms with van der Waals surface area (Å²) >= 11 is 1.33. The average Bonchev–Trinajstić information content (AvgIpc) is 3.12. The molecular weight excluding hydrogens is 430 g/mol. The van der Waals surface area contributed by atoms with Crippen LogP contribution in [0.25, 0.3) is 6.08 Å². The lowest BCUT2D eigenvalue weighted by Gasteiger charge is -2.25. The third-order valence-corrected chi connectivity index (χ3v) is 6.22. The van der Waals surface area contributed by atoms with E-state index in [4.69, 9.17) is 14.2 Å². The van der Waals surface area contributed by atoms with Crippen LogP contribution in [0.15, 0.2) is 46.2 Å². The van der Waals surface area contributed by atoms with E-state index in [1.165, 1.54) is 18.3 Å². The molecule has 0 aliphatic carbocycles. The van der Waals surface area contributed by atoms with Crippen LogP contribution >= 0.6 is 11.3 Å². The second-order valence-corrected chi connectivity index (χ2v) is 8.18. The van der Waals surface area contributed by atoms with Crippen molar-refractivity contribution in [2.45, 2.75) is 13.6 Å². The Morgan fingerprint density at radius 3 is 2.44 bits per heavy atom. The van der Waals surface area contributed by atoms with Crippen LogP contribution in [0.5, 0.6) is 17.2 Å². The molecule has 9 heteroatoms. The van der Waals surface area contributed by atoms with Gasteiger partial charge >= 0.3 is 0 Å². The molecule has 32 heavy (non-hydrogen) atoms. The zero-order valence-corrected chi connectivity index (χ0v) is 19.1. The van der Waals surface area contributed by atoms with Crippen molar-refractivity contribution in [2.75, 3.05) is 32.9 Å². The van der Waals surface area contributed by atoms with Gasteiger partial charge in [-0.3, -0.25) is 14.2 Å². The predicted octanol–water partition coefficient (Wildman–Crippen LogP) is 2.02. The predicted molar refractivity (Wildman–Crippen MR) is 123 cm³/mol. The van der Waals surface area contributed by atoms with Gasteiger partial charge in [0.2, 0.25) is 5.75 Å². The van der Waals surface area contributed by atoms with E-state index < -0.39 is 0 Å². The van der Waals surface area contributed by atoms with Crippen LogP contribution in [0.4, 0.5) is 5.69 Å². The van der Waals surface area contributed by atoms with Crippen molar-refractivity contribution >= 4 is 28.9 Å². The number of hydrogen-bond acceptors (Lipinski definition) is 8. The van der Waals surface area contributed by atoms with E-state index in [0.29, 0.717) is 45.5 Å². The first-order chi connectivity index (χ1) is 15.4. The Morgan fingerprint density at radius 1 is 1.09 bits per heavy atom. The number of carbonyl (C=O) groups excluding carboxylic acids is 1. The number of methoxy groups -OCH3 is 3. The summed E-state index contributed by atoms with van der Waals surface area (Å²) in [5, 5.41) is 0. The van der Waals surface area contributed by atoms with Gasteiger partial charge in [0.1, 0.15) is 13.3 Å². The first kappa shape index (κ1) is 21.6. The normalized spacial score (nSPS) is 13.4. The number of aromatic nitrogens is 1. The number of benzene rings is 2. The Morgan fingerprint density at radius 2 is 1.81 bits per heavy atom. The molecular formula is C23H23N3O5S. The summed E-state index contributed by atoms with van der Waals surface area (Å²) in [6, 6.07) is 10.9. The van der Waals surface area contributed by atoms with Gasteiger partial charge in [0, 0.05) is 11.3 Å². The monoisotopic (exact) mass is 453 g/mol. The van der Waals surface area contributed by atoms with Crippen molar-refractivity contribution < 1.29 is 19.0 Å². The lowest BCUT2D eigenvalue weighted by molar-refractivity contribution is 0.101. The number of carbonyl (C=O) groups is 1. The summed E-state index contributed by atoms with van der Waals surface area (Å²) in [7, 11) is 4.64. The molecule has 0 fully saturated rings. The number of nitrogens with zero attached hydrogens (tertiary/aromatic N) is 3. The molecule has 0 N–H and O–H groups in total. The van der Waals surface area contributed by atoms with E-state index in [1.807, 2.05) is 23.1 Å². The quantitative estimate of drug-likeness (QED) is 0.531. The van der Waals surface area contributed by atoms with Gasteiger partial charge in [0.25, 0.3) is 5.56 Å². The number of fused-ring (bicyclic) bond motifs is 1. The van der Waals surface area contributed by atoms with E-state index in [1.54, 1.807) is 50.2 Å². The molecule has 0 atom stereocenters. The first-order valence-corrected chi connectivity index (χ1v) is 10.7. The lowest BCUT2D eigenvalue weighted by Crippen LogP contribution is -2.42. The van der Waals surface area contributed by atoms with Gasteiger partial charge < -0.3 is 19.1 Å². The summed E-state index contributed by atoms with van der Waals surface area (Å²) in [6.45, 7) is 2.30. The minimum Gasteiger partial charge on any atom is -0.493 e. The van der Waals surface area contributed by atoms with Crippen LogP contribution in [-0.2, 0) is 6.67 Å². The van der Waals surface area contributed by atoms with Crippen molar-refractivity contribution in [3.8, 4) is 17.2 Å². The van der Waals surface area contributed by atoms with Gasteiger partial charge in [-0.25, -0.2) is 4.99 Å². The summed E-state index contributed by atoms with van der Waals surface area (Å²) < 4.78 is 18.4. The fourth-order valence-electron chi connectivity index (χ4n) is 3.53.